The molecular formula is C26H18BrCl2N3O5. The van der Waals surface area contributed by atoms with Crippen LogP contribution in [0, 0.1) is 6.92 Å². The number of nitrogens with one attached hydrogen (secondary N) is 2. The molecule has 0 spiro atoms. The average molecular weight is 603 g/mol. The predicted octanol–water partition coefficient (Wildman–Crippen LogP) is 5.75. The maximum absolute atomic E-state index is 13.2. The average Bonchev–Trinajstić information content (AvgIpc) is 2.84. The minimum absolute atomic E-state index is 0.133. The van der Waals surface area contributed by atoms with E-state index in [1.54, 1.807) is 30.3 Å². The van der Waals surface area contributed by atoms with E-state index in [1.165, 1.54) is 24.3 Å². The second-order valence-corrected chi connectivity index (χ2v) is 9.62. The van der Waals surface area contributed by atoms with Gasteiger partial charge in [-0.15, -0.1) is 0 Å². The van der Waals surface area contributed by atoms with E-state index < -0.39 is 23.8 Å². The van der Waals surface area contributed by atoms with Crippen molar-refractivity contribution >= 4 is 80.3 Å². The molecule has 11 heteroatoms. The third-order valence-electron chi connectivity index (χ3n) is 5.31. The fraction of sp³-hybridized carbons (Fsp3) is 0.0769. The van der Waals surface area contributed by atoms with Crippen LogP contribution in [0.5, 0.6) is 5.75 Å². The van der Waals surface area contributed by atoms with Gasteiger partial charge in [0.05, 0.1) is 15.7 Å². The van der Waals surface area contributed by atoms with E-state index in [2.05, 4.69) is 26.6 Å². The van der Waals surface area contributed by atoms with Gasteiger partial charge in [0.1, 0.15) is 11.3 Å². The van der Waals surface area contributed by atoms with Crippen molar-refractivity contribution in [3.05, 3.63) is 91.9 Å². The molecule has 0 unspecified atom stereocenters. The third kappa shape index (κ3) is 6.02. The van der Waals surface area contributed by atoms with Gasteiger partial charge in [-0.3, -0.25) is 19.7 Å². The van der Waals surface area contributed by atoms with Crippen LogP contribution in [0.3, 0.4) is 0 Å². The number of hydrogen-bond acceptors (Lipinski definition) is 5. The number of nitrogens with zero attached hydrogens (tertiary/aromatic N) is 1. The summed E-state index contributed by atoms with van der Waals surface area (Å²) in [6, 6.07) is 15.5. The summed E-state index contributed by atoms with van der Waals surface area (Å²) >= 11 is 15.3. The normalized spacial score (nSPS) is 14.5. The van der Waals surface area contributed by atoms with Crippen LogP contribution in [0.1, 0.15) is 11.1 Å². The molecule has 0 aliphatic carbocycles. The van der Waals surface area contributed by atoms with Crippen LogP contribution in [-0.2, 0) is 14.4 Å². The molecule has 0 radical (unpaired) electrons. The number of ether oxygens (including phenoxy) is 1. The summed E-state index contributed by atoms with van der Waals surface area (Å²) < 4.78 is 6.34. The zero-order chi connectivity index (χ0) is 26.7. The highest BCUT2D eigenvalue weighted by atomic mass is 79.9. The van der Waals surface area contributed by atoms with Gasteiger partial charge in [0.2, 0.25) is 0 Å². The fourth-order valence-electron chi connectivity index (χ4n) is 3.48. The van der Waals surface area contributed by atoms with E-state index in [9.17, 15) is 19.2 Å². The van der Waals surface area contributed by atoms with Crippen LogP contribution in [0.4, 0.5) is 16.2 Å². The molecule has 3 aromatic carbocycles. The van der Waals surface area contributed by atoms with E-state index in [-0.39, 0.29) is 33.7 Å². The van der Waals surface area contributed by atoms with Gasteiger partial charge >= 0.3 is 6.03 Å². The molecule has 1 aliphatic heterocycles. The molecule has 0 bridgehead atoms. The molecule has 4 rings (SSSR count). The van der Waals surface area contributed by atoms with Gasteiger partial charge < -0.3 is 10.1 Å². The number of anilines is 2. The van der Waals surface area contributed by atoms with Gasteiger partial charge in [0.15, 0.2) is 6.61 Å². The topological polar surface area (TPSA) is 105 Å². The highest BCUT2D eigenvalue weighted by Crippen LogP contribution is 2.31. The number of urea groups is 1. The maximum atomic E-state index is 13.2. The molecular weight excluding hydrogens is 585 g/mol. The standard InChI is InChI=1S/C26H18BrCl2N3O5/c1-14-4-2-3-5-21(14)30-23(33)13-37-22-9-6-16(27)10-15(22)11-18-24(34)31-26(36)32(25(18)35)17-7-8-19(28)20(29)12-17/h2-12H,13H2,1H3,(H,30,33)(H,31,34,36)/b18-11-. The number of benzene rings is 3. The molecule has 1 fully saturated rings. The smallest absolute Gasteiger partial charge is 0.335 e. The zero-order valence-electron chi connectivity index (χ0n) is 19.2. The molecule has 37 heavy (non-hydrogen) atoms. The van der Waals surface area contributed by atoms with E-state index in [0.29, 0.717) is 15.7 Å². The Hall–Kier alpha value is -3.66. The Balaban J connectivity index is 1.60. The van der Waals surface area contributed by atoms with Crippen LogP contribution in [0.2, 0.25) is 10.0 Å². The molecule has 188 valence electrons. The van der Waals surface area contributed by atoms with Crippen molar-refractivity contribution < 1.29 is 23.9 Å². The van der Waals surface area contributed by atoms with E-state index in [0.717, 1.165) is 10.5 Å². The van der Waals surface area contributed by atoms with Gasteiger partial charge in [0, 0.05) is 15.7 Å². The Labute approximate surface area is 230 Å². The Morgan fingerprint density at radius 2 is 1.81 bits per heavy atom. The van der Waals surface area contributed by atoms with Gasteiger partial charge in [-0.1, -0.05) is 57.3 Å². The van der Waals surface area contributed by atoms with Gasteiger partial charge in [-0.25, -0.2) is 9.69 Å². The van der Waals surface area contributed by atoms with Crippen LogP contribution < -0.4 is 20.3 Å². The van der Waals surface area contributed by atoms with Crippen molar-refractivity contribution in [3.63, 3.8) is 0 Å². The number of aryl methyl sites for hydroxylation is 1. The van der Waals surface area contributed by atoms with Crippen molar-refractivity contribution in [1.82, 2.24) is 5.32 Å². The van der Waals surface area contributed by atoms with Crippen LogP contribution in [-0.4, -0.2) is 30.4 Å². The van der Waals surface area contributed by atoms with E-state index in [4.69, 9.17) is 27.9 Å². The number of rotatable bonds is 6. The summed E-state index contributed by atoms with van der Waals surface area (Å²) in [7, 11) is 0. The number of halogens is 3. The second-order valence-electron chi connectivity index (χ2n) is 7.89. The van der Waals surface area contributed by atoms with Crippen molar-refractivity contribution in [2.24, 2.45) is 0 Å². The number of para-hydroxylation sites is 1. The first kappa shape index (κ1) is 26.4. The van der Waals surface area contributed by atoms with Gasteiger partial charge in [-0.2, -0.15) is 0 Å². The number of hydrogen-bond donors (Lipinski definition) is 2. The molecule has 2 N–H and O–H groups in total. The van der Waals surface area contributed by atoms with Crippen LogP contribution in [0.25, 0.3) is 6.08 Å². The molecule has 0 aromatic heterocycles. The zero-order valence-corrected chi connectivity index (χ0v) is 22.3. The number of imide groups is 2. The van der Waals surface area contributed by atoms with Crippen molar-refractivity contribution in [2.45, 2.75) is 6.92 Å². The lowest BCUT2D eigenvalue weighted by Gasteiger charge is -2.26. The largest absolute Gasteiger partial charge is 0.483 e. The van der Waals surface area contributed by atoms with Crippen LogP contribution in [0.15, 0.2) is 70.7 Å². The quantitative estimate of drug-likeness (QED) is 0.276. The summed E-state index contributed by atoms with van der Waals surface area (Å²) in [5.41, 5.74) is 1.70. The summed E-state index contributed by atoms with van der Waals surface area (Å²) in [6.07, 6.45) is 1.29. The predicted molar refractivity (Wildman–Crippen MR) is 145 cm³/mol. The Kier molecular flexibility index (Phi) is 7.97. The molecule has 8 nitrogen and oxygen atoms in total. The fourth-order valence-corrected chi connectivity index (χ4v) is 4.15. The maximum Gasteiger partial charge on any atom is 0.335 e. The first-order valence-corrected chi connectivity index (χ1v) is 12.3. The molecule has 3 aromatic rings. The molecule has 0 atom stereocenters. The third-order valence-corrected chi connectivity index (χ3v) is 6.54. The highest BCUT2D eigenvalue weighted by Gasteiger charge is 2.37. The summed E-state index contributed by atoms with van der Waals surface area (Å²) in [5, 5.41) is 5.29. The monoisotopic (exact) mass is 601 g/mol. The SMILES string of the molecule is Cc1ccccc1NC(=O)COc1ccc(Br)cc1/C=C1/C(=O)NC(=O)N(c2ccc(Cl)c(Cl)c2)C1=O. The van der Waals surface area contributed by atoms with E-state index in [1.807, 2.05) is 19.1 Å². The second kappa shape index (κ2) is 11.2. The molecule has 5 amide bonds. The lowest BCUT2D eigenvalue weighted by Crippen LogP contribution is -2.54. The first-order valence-electron chi connectivity index (χ1n) is 10.8. The van der Waals surface area contributed by atoms with Crippen molar-refractivity contribution in [2.75, 3.05) is 16.8 Å². The lowest BCUT2D eigenvalue weighted by molar-refractivity contribution is -0.122. The molecule has 1 saturated heterocycles. The minimum atomic E-state index is -0.927. The molecule has 0 saturated carbocycles. The minimum Gasteiger partial charge on any atom is -0.483 e. The summed E-state index contributed by atoms with van der Waals surface area (Å²) in [5.74, 6) is -1.89. The molecule has 1 aliphatic rings. The van der Waals surface area contributed by atoms with Crippen molar-refractivity contribution in [1.29, 1.82) is 0 Å². The number of amides is 5. The van der Waals surface area contributed by atoms with Gasteiger partial charge in [-0.05, 0) is 61.0 Å². The van der Waals surface area contributed by atoms with Gasteiger partial charge in [0.25, 0.3) is 17.7 Å². The highest BCUT2D eigenvalue weighted by molar-refractivity contribution is 9.10. The Bertz CT molecular complexity index is 1470. The lowest BCUT2D eigenvalue weighted by atomic mass is 10.1. The number of barbiturate groups is 1. The summed E-state index contributed by atoms with van der Waals surface area (Å²) in [4.78, 5) is 51.5. The number of carbonyl (C=O) groups is 4. The van der Waals surface area contributed by atoms with Crippen molar-refractivity contribution in [3.8, 4) is 5.75 Å². The number of carbonyl (C=O) groups excluding carboxylic acids is 4. The Morgan fingerprint density at radius 3 is 2.54 bits per heavy atom. The Morgan fingerprint density at radius 1 is 1.05 bits per heavy atom. The van der Waals surface area contributed by atoms with E-state index >= 15 is 0 Å². The summed E-state index contributed by atoms with van der Waals surface area (Å²) in [6.45, 7) is 1.55. The molecule has 1 heterocycles. The van der Waals surface area contributed by atoms with Crippen LogP contribution >= 0.6 is 39.1 Å². The first-order chi connectivity index (χ1) is 17.6.